The van der Waals surface area contributed by atoms with Crippen LogP contribution in [0, 0.1) is 11.8 Å². The quantitative estimate of drug-likeness (QED) is 0.822. The molecule has 106 valence electrons. The number of amides is 1. The summed E-state index contributed by atoms with van der Waals surface area (Å²) in [5, 5.41) is 3.27. The first kappa shape index (κ1) is 13.6. The van der Waals surface area contributed by atoms with Crippen LogP contribution in [0.5, 0.6) is 5.75 Å². The molecule has 2 heterocycles. The molecule has 1 aromatic heterocycles. The second kappa shape index (κ2) is 5.95. The summed E-state index contributed by atoms with van der Waals surface area (Å²) >= 11 is 1.32. The highest BCUT2D eigenvalue weighted by Crippen LogP contribution is 2.29. The molecule has 0 spiro atoms. The highest BCUT2D eigenvalue weighted by molar-refractivity contribution is 7.16. The Morgan fingerprint density at radius 1 is 1.52 bits per heavy atom. The van der Waals surface area contributed by atoms with Gasteiger partial charge in [0.2, 0.25) is 0 Å². The number of para-hydroxylation sites is 1. The largest absolute Gasteiger partial charge is 0.480 e. The zero-order chi connectivity index (χ0) is 14.7. The van der Waals surface area contributed by atoms with E-state index < -0.39 is 6.10 Å². The van der Waals surface area contributed by atoms with Crippen molar-refractivity contribution in [1.82, 2.24) is 4.98 Å². The predicted octanol–water partition coefficient (Wildman–Crippen LogP) is 1.40. The first-order chi connectivity index (χ1) is 10.3. The van der Waals surface area contributed by atoms with E-state index in [0.717, 1.165) is 16.2 Å². The lowest BCUT2D eigenvalue weighted by Gasteiger charge is -2.09. The molecule has 1 aliphatic heterocycles. The molecule has 6 heteroatoms. The van der Waals surface area contributed by atoms with Gasteiger partial charge < -0.3 is 10.5 Å². The van der Waals surface area contributed by atoms with Crippen LogP contribution in [0.4, 0.5) is 5.13 Å². The molecule has 0 saturated carbocycles. The summed E-state index contributed by atoms with van der Waals surface area (Å²) in [6.07, 6.45) is 1.69. The second-order valence-corrected chi connectivity index (χ2v) is 5.47. The normalized spacial score (nSPS) is 15.6. The van der Waals surface area contributed by atoms with E-state index >= 15 is 0 Å². The minimum Gasteiger partial charge on any atom is -0.480 e. The highest BCUT2D eigenvalue weighted by Gasteiger charge is 2.29. The molecule has 21 heavy (non-hydrogen) atoms. The molecule has 3 N–H and O–H groups in total. The van der Waals surface area contributed by atoms with Crippen LogP contribution in [0.1, 0.15) is 10.4 Å². The van der Waals surface area contributed by atoms with E-state index in [1.807, 2.05) is 24.3 Å². The molecule has 5 nitrogen and oxygen atoms in total. The first-order valence-corrected chi connectivity index (χ1v) is 7.28. The maximum absolute atomic E-state index is 12.2. The van der Waals surface area contributed by atoms with Crippen LogP contribution in [0.3, 0.4) is 0 Å². The number of aromatic nitrogens is 1. The third-order valence-electron chi connectivity index (χ3n) is 2.99. The summed E-state index contributed by atoms with van der Waals surface area (Å²) in [6.45, 7) is 0.299. The highest BCUT2D eigenvalue weighted by atomic mass is 32.1. The Kier molecular flexibility index (Phi) is 3.86. The Balaban J connectivity index is 1.64. The van der Waals surface area contributed by atoms with Gasteiger partial charge in [0.25, 0.3) is 5.91 Å². The smallest absolute Gasteiger partial charge is 0.267 e. The molecule has 1 unspecified atom stereocenters. The summed E-state index contributed by atoms with van der Waals surface area (Å²) in [5.41, 5.74) is 6.36. The van der Waals surface area contributed by atoms with Crippen LogP contribution < -0.4 is 15.8 Å². The minimum absolute atomic E-state index is 0.195. The topological polar surface area (TPSA) is 77.2 Å². The van der Waals surface area contributed by atoms with Crippen molar-refractivity contribution in [1.29, 1.82) is 0 Å². The van der Waals surface area contributed by atoms with E-state index in [4.69, 9.17) is 10.5 Å². The van der Waals surface area contributed by atoms with Crippen molar-refractivity contribution in [3.8, 4) is 17.6 Å². The lowest BCUT2D eigenvalue weighted by Crippen LogP contribution is -2.31. The maximum Gasteiger partial charge on any atom is 0.267 e. The Bertz CT molecular complexity index is 705. The number of fused-ring (bicyclic) bond motifs is 1. The number of anilines is 1. The van der Waals surface area contributed by atoms with Crippen LogP contribution >= 0.6 is 11.3 Å². The Labute approximate surface area is 126 Å². The molecule has 3 rings (SSSR count). The van der Waals surface area contributed by atoms with Gasteiger partial charge in [0, 0.05) is 6.42 Å². The van der Waals surface area contributed by atoms with Gasteiger partial charge in [-0.3, -0.25) is 10.1 Å². The molecule has 1 atom stereocenters. The van der Waals surface area contributed by atoms with E-state index in [2.05, 4.69) is 22.1 Å². The number of ether oxygens (including phenoxy) is 1. The Hall–Kier alpha value is -2.36. The molecule has 1 aliphatic rings. The third-order valence-corrected chi connectivity index (χ3v) is 3.82. The lowest BCUT2D eigenvalue weighted by atomic mass is 10.1. The molecule has 2 aromatic rings. The molecular formula is C15H13N3O2S. The standard InChI is InChI=1S/C15H13N3O2S/c16-7-3-5-11-9-17-15(21-11)18-14(19)13-8-10-4-1-2-6-12(10)20-13/h1-2,4,6,9,13H,7-8,16H2,(H,17,18,19). The van der Waals surface area contributed by atoms with Gasteiger partial charge >= 0.3 is 0 Å². The van der Waals surface area contributed by atoms with Crippen molar-refractivity contribution in [3.05, 3.63) is 40.9 Å². The van der Waals surface area contributed by atoms with Gasteiger partial charge in [-0.15, -0.1) is 0 Å². The van der Waals surface area contributed by atoms with Crippen LogP contribution in [0.25, 0.3) is 0 Å². The third kappa shape index (κ3) is 3.05. The molecule has 1 aromatic carbocycles. The van der Waals surface area contributed by atoms with Crippen LogP contribution in [-0.2, 0) is 11.2 Å². The second-order valence-electron chi connectivity index (χ2n) is 4.44. The van der Waals surface area contributed by atoms with E-state index in [1.54, 1.807) is 6.20 Å². The molecule has 0 saturated heterocycles. The van der Waals surface area contributed by atoms with Crippen LogP contribution in [-0.4, -0.2) is 23.5 Å². The van der Waals surface area contributed by atoms with Crippen molar-refractivity contribution in [2.24, 2.45) is 5.73 Å². The van der Waals surface area contributed by atoms with Crippen molar-refractivity contribution >= 4 is 22.4 Å². The average Bonchev–Trinajstić information content (AvgIpc) is 3.11. The number of rotatable bonds is 2. The Morgan fingerprint density at radius 3 is 3.19 bits per heavy atom. The zero-order valence-electron chi connectivity index (χ0n) is 11.1. The summed E-state index contributed by atoms with van der Waals surface area (Å²) < 4.78 is 5.63. The zero-order valence-corrected chi connectivity index (χ0v) is 11.9. The number of carbonyl (C=O) groups is 1. The van der Waals surface area contributed by atoms with E-state index in [-0.39, 0.29) is 5.91 Å². The monoisotopic (exact) mass is 299 g/mol. The summed E-state index contributed by atoms with van der Waals surface area (Å²) in [5.74, 6) is 6.20. The molecular weight excluding hydrogens is 286 g/mol. The van der Waals surface area contributed by atoms with E-state index in [9.17, 15) is 4.79 Å². The average molecular weight is 299 g/mol. The fraction of sp³-hybridized carbons (Fsp3) is 0.200. The van der Waals surface area contributed by atoms with Gasteiger partial charge in [0.1, 0.15) is 5.75 Å². The van der Waals surface area contributed by atoms with Gasteiger partial charge in [-0.1, -0.05) is 41.4 Å². The first-order valence-electron chi connectivity index (χ1n) is 6.46. The van der Waals surface area contributed by atoms with Crippen LogP contribution in [0.15, 0.2) is 30.5 Å². The molecule has 0 fully saturated rings. The molecule has 0 radical (unpaired) electrons. The van der Waals surface area contributed by atoms with Gasteiger partial charge in [-0.25, -0.2) is 4.98 Å². The van der Waals surface area contributed by atoms with Gasteiger partial charge in [0.15, 0.2) is 11.2 Å². The number of nitrogens with one attached hydrogen (secondary N) is 1. The van der Waals surface area contributed by atoms with Gasteiger partial charge in [-0.05, 0) is 11.6 Å². The number of hydrogen-bond acceptors (Lipinski definition) is 5. The lowest BCUT2D eigenvalue weighted by molar-refractivity contribution is -0.122. The number of nitrogens with zero attached hydrogens (tertiary/aromatic N) is 1. The van der Waals surface area contributed by atoms with Crippen molar-refractivity contribution in [3.63, 3.8) is 0 Å². The summed E-state index contributed by atoms with van der Waals surface area (Å²) in [6, 6.07) is 7.66. The van der Waals surface area contributed by atoms with E-state index in [1.165, 1.54) is 11.3 Å². The number of nitrogens with two attached hydrogens (primary N) is 1. The fourth-order valence-electron chi connectivity index (χ4n) is 2.04. The van der Waals surface area contributed by atoms with E-state index in [0.29, 0.717) is 18.1 Å². The SMILES string of the molecule is NCC#Cc1cnc(NC(=O)C2Cc3ccccc3O2)s1. The van der Waals surface area contributed by atoms with Crippen molar-refractivity contribution < 1.29 is 9.53 Å². The summed E-state index contributed by atoms with van der Waals surface area (Å²) in [7, 11) is 0. The van der Waals surface area contributed by atoms with Crippen LogP contribution in [0.2, 0.25) is 0 Å². The van der Waals surface area contributed by atoms with Crippen molar-refractivity contribution in [2.45, 2.75) is 12.5 Å². The number of thiazole rings is 1. The number of hydrogen-bond donors (Lipinski definition) is 2. The van der Waals surface area contributed by atoms with Gasteiger partial charge in [-0.2, -0.15) is 0 Å². The Morgan fingerprint density at radius 2 is 2.38 bits per heavy atom. The summed E-state index contributed by atoms with van der Waals surface area (Å²) in [4.78, 5) is 17.1. The maximum atomic E-state index is 12.2. The fourth-order valence-corrected chi connectivity index (χ4v) is 2.74. The molecule has 1 amide bonds. The molecule has 0 aliphatic carbocycles. The minimum atomic E-state index is -0.509. The number of benzene rings is 1. The predicted molar refractivity (Wildman–Crippen MR) is 81.2 cm³/mol. The van der Waals surface area contributed by atoms with Gasteiger partial charge in [0.05, 0.1) is 17.6 Å². The van der Waals surface area contributed by atoms with Crippen molar-refractivity contribution in [2.75, 3.05) is 11.9 Å². The molecule has 0 bridgehead atoms. The number of carbonyl (C=O) groups excluding carboxylic acids is 1.